The van der Waals surface area contributed by atoms with Crippen molar-refractivity contribution in [3.8, 4) is 11.3 Å². The number of aromatic nitrogens is 1. The van der Waals surface area contributed by atoms with E-state index in [2.05, 4.69) is 10.3 Å². The van der Waals surface area contributed by atoms with Gasteiger partial charge in [0.05, 0.1) is 6.61 Å². The summed E-state index contributed by atoms with van der Waals surface area (Å²) in [6.45, 7) is 4.11. The van der Waals surface area contributed by atoms with Crippen molar-refractivity contribution in [2.45, 2.75) is 13.5 Å². The highest BCUT2D eigenvalue weighted by molar-refractivity contribution is 6.30. The Balaban J connectivity index is 2.14. The van der Waals surface area contributed by atoms with Gasteiger partial charge in [0.25, 0.3) is 0 Å². The molecule has 0 bridgehead atoms. The number of aryl methyl sites for hydroxylation is 1. The third kappa shape index (κ3) is 3.56. The van der Waals surface area contributed by atoms with E-state index in [-0.39, 0.29) is 0 Å². The number of nitrogens with one attached hydrogen (secondary N) is 1. The van der Waals surface area contributed by atoms with E-state index in [4.69, 9.17) is 20.8 Å². The molecule has 2 aromatic rings. The first-order valence-corrected chi connectivity index (χ1v) is 6.48. The average Bonchev–Trinajstić information content (AvgIpc) is 2.83. The Kier molecular flexibility index (Phi) is 4.96. The maximum atomic E-state index is 5.96. The summed E-state index contributed by atoms with van der Waals surface area (Å²) >= 11 is 5.96. The SMILES string of the molecule is COCCNCc1ncoc1-c1ccc(Cl)cc1C. The van der Waals surface area contributed by atoms with E-state index in [0.29, 0.717) is 13.2 Å². The molecule has 1 aromatic carbocycles. The summed E-state index contributed by atoms with van der Waals surface area (Å²) in [6, 6.07) is 5.73. The van der Waals surface area contributed by atoms with E-state index in [1.54, 1.807) is 7.11 Å². The first-order valence-electron chi connectivity index (χ1n) is 6.11. The Bertz CT molecular complexity index is 540. The second kappa shape index (κ2) is 6.70. The zero-order chi connectivity index (χ0) is 13.7. The Morgan fingerprint density at radius 2 is 2.26 bits per heavy atom. The molecule has 19 heavy (non-hydrogen) atoms. The van der Waals surface area contributed by atoms with Crippen molar-refractivity contribution >= 4 is 11.6 Å². The van der Waals surface area contributed by atoms with E-state index < -0.39 is 0 Å². The van der Waals surface area contributed by atoms with Gasteiger partial charge < -0.3 is 14.5 Å². The highest BCUT2D eigenvalue weighted by atomic mass is 35.5. The highest BCUT2D eigenvalue weighted by Gasteiger charge is 2.12. The third-order valence-electron chi connectivity index (χ3n) is 2.85. The van der Waals surface area contributed by atoms with Gasteiger partial charge in [-0.2, -0.15) is 0 Å². The van der Waals surface area contributed by atoms with Gasteiger partial charge in [0.2, 0.25) is 0 Å². The first-order chi connectivity index (χ1) is 9.22. The molecule has 0 aliphatic heterocycles. The van der Waals surface area contributed by atoms with Crippen LogP contribution in [0.1, 0.15) is 11.3 Å². The van der Waals surface area contributed by atoms with Crippen LogP contribution in [0.5, 0.6) is 0 Å². The number of methoxy groups -OCH3 is 1. The molecule has 0 aliphatic carbocycles. The van der Waals surface area contributed by atoms with Gasteiger partial charge in [-0.15, -0.1) is 0 Å². The maximum absolute atomic E-state index is 5.96. The topological polar surface area (TPSA) is 47.3 Å². The van der Waals surface area contributed by atoms with E-state index in [0.717, 1.165) is 34.1 Å². The van der Waals surface area contributed by atoms with Crippen LogP contribution in [0.25, 0.3) is 11.3 Å². The van der Waals surface area contributed by atoms with Crippen molar-refractivity contribution < 1.29 is 9.15 Å². The smallest absolute Gasteiger partial charge is 0.181 e. The van der Waals surface area contributed by atoms with E-state index in [9.17, 15) is 0 Å². The van der Waals surface area contributed by atoms with Gasteiger partial charge >= 0.3 is 0 Å². The third-order valence-corrected chi connectivity index (χ3v) is 3.08. The van der Waals surface area contributed by atoms with Gasteiger partial charge in [0, 0.05) is 30.8 Å². The summed E-state index contributed by atoms with van der Waals surface area (Å²) in [5, 5.41) is 3.98. The van der Waals surface area contributed by atoms with Crippen LogP contribution in [-0.4, -0.2) is 25.2 Å². The van der Waals surface area contributed by atoms with Crippen LogP contribution in [0.3, 0.4) is 0 Å². The Morgan fingerprint density at radius 3 is 3.00 bits per heavy atom. The molecule has 0 unspecified atom stereocenters. The molecule has 1 N–H and O–H groups in total. The highest BCUT2D eigenvalue weighted by Crippen LogP contribution is 2.28. The summed E-state index contributed by atoms with van der Waals surface area (Å²) in [4.78, 5) is 4.25. The van der Waals surface area contributed by atoms with Crippen molar-refractivity contribution in [3.63, 3.8) is 0 Å². The molecule has 102 valence electrons. The van der Waals surface area contributed by atoms with Gasteiger partial charge in [-0.1, -0.05) is 11.6 Å². The maximum Gasteiger partial charge on any atom is 0.181 e. The van der Waals surface area contributed by atoms with Crippen molar-refractivity contribution in [2.24, 2.45) is 0 Å². The van der Waals surface area contributed by atoms with Crippen molar-refractivity contribution in [1.82, 2.24) is 10.3 Å². The van der Waals surface area contributed by atoms with Crippen LogP contribution in [0, 0.1) is 6.92 Å². The van der Waals surface area contributed by atoms with Crippen LogP contribution >= 0.6 is 11.6 Å². The summed E-state index contributed by atoms with van der Waals surface area (Å²) in [5.41, 5.74) is 2.98. The molecule has 1 aromatic heterocycles. The van der Waals surface area contributed by atoms with E-state index >= 15 is 0 Å². The van der Waals surface area contributed by atoms with Gasteiger partial charge in [-0.05, 0) is 30.7 Å². The van der Waals surface area contributed by atoms with Crippen LogP contribution in [0.2, 0.25) is 5.02 Å². The molecule has 0 saturated heterocycles. The molecule has 5 heteroatoms. The predicted molar refractivity (Wildman–Crippen MR) is 75.3 cm³/mol. The minimum Gasteiger partial charge on any atom is -0.443 e. The lowest BCUT2D eigenvalue weighted by Gasteiger charge is -2.06. The van der Waals surface area contributed by atoms with Gasteiger partial charge in [0.1, 0.15) is 5.69 Å². The molecular weight excluding hydrogens is 264 g/mol. The molecule has 0 aliphatic rings. The summed E-state index contributed by atoms with van der Waals surface area (Å²) in [6.07, 6.45) is 1.47. The van der Waals surface area contributed by atoms with Crippen LogP contribution in [-0.2, 0) is 11.3 Å². The summed E-state index contributed by atoms with van der Waals surface area (Å²) < 4.78 is 10.5. The lowest BCUT2D eigenvalue weighted by molar-refractivity contribution is 0.199. The second-order valence-electron chi connectivity index (χ2n) is 4.26. The van der Waals surface area contributed by atoms with Crippen LogP contribution in [0.4, 0.5) is 0 Å². The lowest BCUT2D eigenvalue weighted by Crippen LogP contribution is -2.19. The molecule has 0 radical (unpaired) electrons. The number of ether oxygens (including phenoxy) is 1. The van der Waals surface area contributed by atoms with E-state index in [1.807, 2.05) is 25.1 Å². The Labute approximate surface area is 117 Å². The molecule has 2 rings (SSSR count). The number of nitrogens with zero attached hydrogens (tertiary/aromatic N) is 1. The number of hydrogen-bond acceptors (Lipinski definition) is 4. The molecule has 0 fully saturated rings. The number of hydrogen-bond donors (Lipinski definition) is 1. The molecule has 0 atom stereocenters. The number of oxazole rings is 1. The number of rotatable bonds is 6. The van der Waals surface area contributed by atoms with Crippen molar-refractivity contribution in [2.75, 3.05) is 20.3 Å². The molecule has 0 spiro atoms. The quantitative estimate of drug-likeness (QED) is 0.826. The summed E-state index contributed by atoms with van der Waals surface area (Å²) in [7, 11) is 1.68. The van der Waals surface area contributed by atoms with Gasteiger partial charge in [0.15, 0.2) is 12.2 Å². The van der Waals surface area contributed by atoms with Crippen molar-refractivity contribution in [3.05, 3.63) is 40.9 Å². The molecule has 0 saturated carbocycles. The Morgan fingerprint density at radius 1 is 1.42 bits per heavy atom. The zero-order valence-corrected chi connectivity index (χ0v) is 11.8. The first kappa shape index (κ1) is 14.1. The standard InChI is InChI=1S/C14H17ClN2O2/c1-10-7-11(15)3-4-12(10)14-13(17-9-19-14)8-16-5-6-18-2/h3-4,7,9,16H,5-6,8H2,1-2H3. The second-order valence-corrected chi connectivity index (χ2v) is 4.69. The fraction of sp³-hybridized carbons (Fsp3) is 0.357. The van der Waals surface area contributed by atoms with Crippen LogP contribution in [0.15, 0.2) is 29.0 Å². The fourth-order valence-electron chi connectivity index (χ4n) is 1.88. The van der Waals surface area contributed by atoms with Crippen LogP contribution < -0.4 is 5.32 Å². The average molecular weight is 281 g/mol. The number of halogens is 1. The monoisotopic (exact) mass is 280 g/mol. The minimum atomic E-state index is 0.650. The Hall–Kier alpha value is -1.36. The largest absolute Gasteiger partial charge is 0.443 e. The molecule has 0 amide bonds. The minimum absolute atomic E-state index is 0.650. The number of benzene rings is 1. The zero-order valence-electron chi connectivity index (χ0n) is 11.1. The molecular formula is C14H17ClN2O2. The van der Waals surface area contributed by atoms with Crippen molar-refractivity contribution in [1.29, 1.82) is 0 Å². The normalized spacial score (nSPS) is 10.9. The molecule has 4 nitrogen and oxygen atoms in total. The predicted octanol–water partition coefficient (Wildman–Crippen LogP) is 3.04. The fourth-order valence-corrected chi connectivity index (χ4v) is 2.10. The van der Waals surface area contributed by atoms with Gasteiger partial charge in [-0.25, -0.2) is 4.98 Å². The van der Waals surface area contributed by atoms with Gasteiger partial charge in [-0.3, -0.25) is 0 Å². The summed E-state index contributed by atoms with van der Waals surface area (Å²) in [5.74, 6) is 0.791. The molecule has 1 heterocycles. The van der Waals surface area contributed by atoms with E-state index in [1.165, 1.54) is 6.39 Å². The lowest BCUT2D eigenvalue weighted by atomic mass is 10.1.